The lowest BCUT2D eigenvalue weighted by molar-refractivity contribution is 0.652. The first-order chi connectivity index (χ1) is 7.06. The molecule has 0 amide bonds. The summed E-state index contributed by atoms with van der Waals surface area (Å²) in [7, 11) is 1.80. The number of aryl methyl sites for hydroxylation is 2. The summed E-state index contributed by atoms with van der Waals surface area (Å²) in [6.07, 6.45) is 1.89. The molecule has 2 heterocycles. The Kier molecular flexibility index (Phi) is 2.40. The van der Waals surface area contributed by atoms with E-state index in [-0.39, 0.29) is 0 Å². The lowest BCUT2D eigenvalue weighted by atomic mass is 10.4. The van der Waals surface area contributed by atoms with Gasteiger partial charge in [0.05, 0.1) is 12.2 Å². The van der Waals surface area contributed by atoms with Crippen molar-refractivity contribution >= 4 is 17.4 Å². The van der Waals surface area contributed by atoms with Crippen molar-refractivity contribution in [2.75, 3.05) is 5.73 Å². The van der Waals surface area contributed by atoms with E-state index in [0.29, 0.717) is 17.5 Å². The fraction of sp³-hybridized carbons (Fsp3) is 0.333. The summed E-state index contributed by atoms with van der Waals surface area (Å²) in [6.45, 7) is 2.50. The lowest BCUT2D eigenvalue weighted by Gasteiger charge is -1.95. The summed E-state index contributed by atoms with van der Waals surface area (Å²) in [5.41, 5.74) is 7.48. The first-order valence-corrected chi connectivity index (χ1v) is 4.92. The second-order valence-electron chi connectivity index (χ2n) is 3.48. The molecule has 0 radical (unpaired) electrons. The number of rotatable bonds is 2. The van der Waals surface area contributed by atoms with Crippen molar-refractivity contribution in [1.29, 1.82) is 0 Å². The predicted octanol–water partition coefficient (Wildman–Crippen LogP) is 1.21. The molecule has 2 aromatic heterocycles. The van der Waals surface area contributed by atoms with Gasteiger partial charge < -0.3 is 5.73 Å². The van der Waals surface area contributed by atoms with Crippen LogP contribution in [0, 0.1) is 6.92 Å². The van der Waals surface area contributed by atoms with Gasteiger partial charge in [-0.05, 0) is 6.92 Å². The van der Waals surface area contributed by atoms with Gasteiger partial charge in [-0.2, -0.15) is 10.2 Å². The number of nitrogens with zero attached hydrogens (tertiary/aromatic N) is 4. The molecule has 0 unspecified atom stereocenters. The van der Waals surface area contributed by atoms with Gasteiger partial charge in [0.2, 0.25) is 0 Å². The smallest absolute Gasteiger partial charge is 0.148 e. The highest BCUT2D eigenvalue weighted by molar-refractivity contribution is 6.29. The second kappa shape index (κ2) is 3.58. The highest BCUT2D eigenvalue weighted by Crippen LogP contribution is 2.12. The van der Waals surface area contributed by atoms with Crippen LogP contribution in [-0.2, 0) is 13.6 Å². The van der Waals surface area contributed by atoms with Crippen molar-refractivity contribution in [2.24, 2.45) is 7.05 Å². The predicted molar refractivity (Wildman–Crippen MR) is 58.7 cm³/mol. The Morgan fingerprint density at radius 3 is 2.67 bits per heavy atom. The minimum Gasteiger partial charge on any atom is -0.382 e. The summed E-state index contributed by atoms with van der Waals surface area (Å²) in [6, 6.07) is 1.81. The number of halogens is 1. The Hall–Kier alpha value is -1.49. The number of hydrogen-bond acceptors (Lipinski definition) is 3. The summed E-state index contributed by atoms with van der Waals surface area (Å²) in [5.74, 6) is 0.553. The SMILES string of the molecule is Cc1cn(Cc2cc(Cl)n(C)n2)nc1N. The van der Waals surface area contributed by atoms with Crippen LogP contribution in [-0.4, -0.2) is 19.6 Å². The van der Waals surface area contributed by atoms with E-state index < -0.39 is 0 Å². The molecule has 80 valence electrons. The highest BCUT2D eigenvalue weighted by atomic mass is 35.5. The van der Waals surface area contributed by atoms with E-state index in [4.69, 9.17) is 17.3 Å². The molecule has 15 heavy (non-hydrogen) atoms. The standard InChI is InChI=1S/C9H12ClN5/c1-6-4-15(13-9(6)11)5-7-3-8(10)14(2)12-7/h3-4H,5H2,1-2H3,(H2,11,13). The van der Waals surface area contributed by atoms with Gasteiger partial charge in [0.1, 0.15) is 11.0 Å². The average molecular weight is 226 g/mol. The van der Waals surface area contributed by atoms with E-state index in [1.54, 1.807) is 16.4 Å². The number of aromatic nitrogens is 4. The maximum Gasteiger partial charge on any atom is 0.148 e. The van der Waals surface area contributed by atoms with Gasteiger partial charge in [-0.1, -0.05) is 11.6 Å². The minimum atomic E-state index is 0.553. The number of nitrogens with two attached hydrogens (primary N) is 1. The van der Waals surface area contributed by atoms with E-state index in [0.717, 1.165) is 11.3 Å². The molecule has 2 rings (SSSR count). The van der Waals surface area contributed by atoms with Gasteiger partial charge >= 0.3 is 0 Å². The van der Waals surface area contributed by atoms with Crippen molar-refractivity contribution in [3.8, 4) is 0 Å². The van der Waals surface area contributed by atoms with Crippen molar-refractivity contribution in [3.05, 3.63) is 28.7 Å². The molecule has 0 saturated heterocycles. The summed E-state index contributed by atoms with van der Waals surface area (Å²) in [4.78, 5) is 0. The Labute approximate surface area is 92.4 Å². The molecular weight excluding hydrogens is 214 g/mol. The van der Waals surface area contributed by atoms with E-state index in [1.165, 1.54) is 0 Å². The number of hydrogen-bond donors (Lipinski definition) is 1. The minimum absolute atomic E-state index is 0.553. The fourth-order valence-corrected chi connectivity index (χ4v) is 1.52. The quantitative estimate of drug-likeness (QED) is 0.836. The number of anilines is 1. The van der Waals surface area contributed by atoms with E-state index in [2.05, 4.69) is 10.2 Å². The molecular formula is C9H12ClN5. The van der Waals surface area contributed by atoms with Crippen molar-refractivity contribution in [1.82, 2.24) is 19.6 Å². The molecule has 0 bridgehead atoms. The third-order valence-corrected chi connectivity index (χ3v) is 2.53. The van der Waals surface area contributed by atoms with Crippen LogP contribution >= 0.6 is 11.6 Å². The zero-order valence-electron chi connectivity index (χ0n) is 8.61. The molecule has 0 fully saturated rings. The Balaban J connectivity index is 2.21. The van der Waals surface area contributed by atoms with Gasteiger partial charge in [-0.15, -0.1) is 0 Å². The largest absolute Gasteiger partial charge is 0.382 e. The molecule has 0 aliphatic heterocycles. The van der Waals surface area contributed by atoms with Crippen LogP contribution in [0.4, 0.5) is 5.82 Å². The lowest BCUT2D eigenvalue weighted by Crippen LogP contribution is -2.02. The topological polar surface area (TPSA) is 61.7 Å². The highest BCUT2D eigenvalue weighted by Gasteiger charge is 2.05. The van der Waals surface area contributed by atoms with Gasteiger partial charge in [0, 0.05) is 24.9 Å². The van der Waals surface area contributed by atoms with Crippen LogP contribution in [0.3, 0.4) is 0 Å². The molecule has 0 aromatic carbocycles. The molecule has 2 N–H and O–H groups in total. The zero-order chi connectivity index (χ0) is 11.0. The van der Waals surface area contributed by atoms with Crippen LogP contribution < -0.4 is 5.73 Å². The molecule has 6 heteroatoms. The van der Waals surface area contributed by atoms with Crippen LogP contribution in [0.15, 0.2) is 12.3 Å². The third-order valence-electron chi connectivity index (χ3n) is 2.18. The third kappa shape index (κ3) is 1.97. The molecule has 0 aliphatic rings. The molecule has 0 saturated carbocycles. The Bertz CT molecular complexity index is 401. The van der Waals surface area contributed by atoms with Gasteiger partial charge in [-0.3, -0.25) is 9.36 Å². The van der Waals surface area contributed by atoms with E-state index >= 15 is 0 Å². The first kappa shape index (κ1) is 10.0. The Morgan fingerprint density at radius 1 is 1.47 bits per heavy atom. The Morgan fingerprint density at radius 2 is 2.20 bits per heavy atom. The monoisotopic (exact) mass is 225 g/mol. The van der Waals surface area contributed by atoms with Crippen molar-refractivity contribution in [2.45, 2.75) is 13.5 Å². The summed E-state index contributed by atoms with van der Waals surface area (Å²) >= 11 is 5.88. The molecule has 2 aromatic rings. The maximum atomic E-state index is 5.88. The molecule has 0 spiro atoms. The summed E-state index contributed by atoms with van der Waals surface area (Å²) in [5, 5.41) is 8.99. The first-order valence-electron chi connectivity index (χ1n) is 4.54. The van der Waals surface area contributed by atoms with Gasteiger partial charge in [-0.25, -0.2) is 0 Å². The van der Waals surface area contributed by atoms with Gasteiger partial charge in [0.15, 0.2) is 0 Å². The van der Waals surface area contributed by atoms with E-state index in [9.17, 15) is 0 Å². The molecule has 0 atom stereocenters. The molecule has 0 aliphatic carbocycles. The molecule has 5 nitrogen and oxygen atoms in total. The maximum absolute atomic E-state index is 5.88. The van der Waals surface area contributed by atoms with E-state index in [1.807, 2.05) is 19.2 Å². The van der Waals surface area contributed by atoms with Crippen LogP contribution in [0.1, 0.15) is 11.3 Å². The normalized spacial score (nSPS) is 10.9. The van der Waals surface area contributed by atoms with Crippen LogP contribution in [0.5, 0.6) is 0 Å². The van der Waals surface area contributed by atoms with Crippen molar-refractivity contribution < 1.29 is 0 Å². The van der Waals surface area contributed by atoms with Crippen molar-refractivity contribution in [3.63, 3.8) is 0 Å². The zero-order valence-corrected chi connectivity index (χ0v) is 9.36. The average Bonchev–Trinajstić information content (AvgIpc) is 2.59. The van der Waals surface area contributed by atoms with Gasteiger partial charge in [0.25, 0.3) is 0 Å². The summed E-state index contributed by atoms with van der Waals surface area (Å²) < 4.78 is 3.37. The second-order valence-corrected chi connectivity index (χ2v) is 3.86. The van der Waals surface area contributed by atoms with Crippen LogP contribution in [0.25, 0.3) is 0 Å². The fourth-order valence-electron chi connectivity index (χ4n) is 1.36. The number of nitrogen functional groups attached to an aromatic ring is 1. The van der Waals surface area contributed by atoms with Crippen LogP contribution in [0.2, 0.25) is 5.15 Å².